The Bertz CT molecular complexity index is 1010. The first-order chi connectivity index (χ1) is 14.9. The highest BCUT2D eigenvalue weighted by atomic mass is 35.5. The summed E-state index contributed by atoms with van der Waals surface area (Å²) in [5.41, 5.74) is 1.98. The quantitative estimate of drug-likeness (QED) is 0.725. The molecule has 2 heterocycles. The van der Waals surface area contributed by atoms with E-state index in [2.05, 4.69) is 5.32 Å². The molecule has 2 fully saturated rings. The van der Waals surface area contributed by atoms with Gasteiger partial charge in [-0.1, -0.05) is 23.2 Å². The molecule has 2 aliphatic rings. The molecule has 1 unspecified atom stereocenters. The van der Waals surface area contributed by atoms with Crippen LogP contribution in [-0.2, 0) is 9.59 Å². The van der Waals surface area contributed by atoms with Gasteiger partial charge in [0.25, 0.3) is 5.91 Å². The zero-order valence-corrected chi connectivity index (χ0v) is 18.5. The topological polar surface area (TPSA) is 69.7 Å². The Morgan fingerprint density at radius 1 is 0.968 bits per heavy atom. The molecule has 3 amide bonds. The molecule has 2 aliphatic heterocycles. The van der Waals surface area contributed by atoms with Crippen LogP contribution in [0.4, 0.5) is 11.4 Å². The summed E-state index contributed by atoms with van der Waals surface area (Å²) in [6.07, 6.45) is 2.92. The first kappa shape index (κ1) is 21.7. The molecule has 2 aromatic rings. The van der Waals surface area contributed by atoms with Crippen molar-refractivity contribution in [2.75, 3.05) is 29.9 Å². The molecule has 0 spiro atoms. The van der Waals surface area contributed by atoms with Crippen LogP contribution in [0.3, 0.4) is 0 Å². The van der Waals surface area contributed by atoms with E-state index in [0.29, 0.717) is 40.8 Å². The smallest absolute Gasteiger partial charge is 0.253 e. The van der Waals surface area contributed by atoms with Crippen LogP contribution in [0.2, 0.25) is 10.0 Å². The van der Waals surface area contributed by atoms with Crippen LogP contribution >= 0.6 is 23.2 Å². The van der Waals surface area contributed by atoms with Crippen LogP contribution in [0, 0.1) is 5.92 Å². The van der Waals surface area contributed by atoms with E-state index in [1.807, 2.05) is 12.1 Å². The van der Waals surface area contributed by atoms with Crippen LogP contribution in [0.25, 0.3) is 0 Å². The number of carbonyl (C=O) groups is 3. The summed E-state index contributed by atoms with van der Waals surface area (Å²) in [5, 5.41) is 3.67. The summed E-state index contributed by atoms with van der Waals surface area (Å²) in [6.45, 7) is 1.68. The highest BCUT2D eigenvalue weighted by Gasteiger charge is 2.29. The van der Waals surface area contributed by atoms with E-state index in [9.17, 15) is 14.4 Å². The SMILES string of the molecule is O=C(Nc1ccc(N2CCCC2=O)cc1)C1CCCN(C(=O)c2ccc(Cl)c(Cl)c2)C1. The van der Waals surface area contributed by atoms with E-state index in [0.717, 1.165) is 31.5 Å². The molecule has 2 saturated heterocycles. The second-order valence-corrected chi connectivity index (χ2v) is 8.72. The van der Waals surface area contributed by atoms with Gasteiger partial charge >= 0.3 is 0 Å². The monoisotopic (exact) mass is 459 g/mol. The normalized spacial score (nSPS) is 18.9. The number of piperidine rings is 1. The van der Waals surface area contributed by atoms with Crippen molar-refractivity contribution in [2.24, 2.45) is 5.92 Å². The standard InChI is InChI=1S/C23H23Cl2N3O3/c24-19-10-5-15(13-20(19)25)23(31)27-11-1-3-16(14-27)22(30)26-17-6-8-18(9-7-17)28-12-2-4-21(28)29/h5-10,13,16H,1-4,11-12,14H2,(H,26,30). The molecular weight excluding hydrogens is 437 g/mol. The van der Waals surface area contributed by atoms with Crippen LogP contribution in [-0.4, -0.2) is 42.3 Å². The van der Waals surface area contributed by atoms with Gasteiger partial charge in [-0.25, -0.2) is 0 Å². The van der Waals surface area contributed by atoms with Crippen molar-refractivity contribution in [1.82, 2.24) is 4.90 Å². The minimum absolute atomic E-state index is 0.114. The molecule has 162 valence electrons. The maximum atomic E-state index is 12.8. The Morgan fingerprint density at radius 3 is 2.42 bits per heavy atom. The molecule has 0 radical (unpaired) electrons. The summed E-state index contributed by atoms with van der Waals surface area (Å²) < 4.78 is 0. The fraction of sp³-hybridized carbons (Fsp3) is 0.348. The summed E-state index contributed by atoms with van der Waals surface area (Å²) >= 11 is 12.0. The number of rotatable bonds is 4. The van der Waals surface area contributed by atoms with Crippen LogP contribution in [0.1, 0.15) is 36.0 Å². The summed E-state index contributed by atoms with van der Waals surface area (Å²) in [4.78, 5) is 41.0. The highest BCUT2D eigenvalue weighted by Crippen LogP contribution is 2.26. The third-order valence-corrected chi connectivity index (χ3v) is 6.50. The summed E-state index contributed by atoms with van der Waals surface area (Å²) in [6, 6.07) is 12.1. The van der Waals surface area contributed by atoms with Crippen molar-refractivity contribution in [2.45, 2.75) is 25.7 Å². The van der Waals surface area contributed by atoms with Gasteiger partial charge in [-0.3, -0.25) is 14.4 Å². The number of likely N-dealkylation sites (tertiary alicyclic amines) is 1. The van der Waals surface area contributed by atoms with Crippen LogP contribution in [0.15, 0.2) is 42.5 Å². The van der Waals surface area contributed by atoms with Crippen molar-refractivity contribution in [3.63, 3.8) is 0 Å². The van der Waals surface area contributed by atoms with Gasteiger partial charge in [0.15, 0.2) is 0 Å². The van der Waals surface area contributed by atoms with E-state index >= 15 is 0 Å². The number of carbonyl (C=O) groups excluding carboxylic acids is 3. The fourth-order valence-corrected chi connectivity index (χ4v) is 4.38. The fourth-order valence-electron chi connectivity index (χ4n) is 4.08. The van der Waals surface area contributed by atoms with E-state index in [4.69, 9.17) is 23.2 Å². The maximum absolute atomic E-state index is 12.8. The van der Waals surface area contributed by atoms with E-state index < -0.39 is 0 Å². The second kappa shape index (κ2) is 9.28. The van der Waals surface area contributed by atoms with Crippen molar-refractivity contribution in [3.05, 3.63) is 58.1 Å². The number of anilines is 2. The first-order valence-electron chi connectivity index (χ1n) is 10.4. The molecule has 0 aromatic heterocycles. The minimum atomic E-state index is -0.291. The zero-order chi connectivity index (χ0) is 22.0. The molecule has 2 aromatic carbocycles. The highest BCUT2D eigenvalue weighted by molar-refractivity contribution is 6.42. The largest absolute Gasteiger partial charge is 0.338 e. The van der Waals surface area contributed by atoms with Crippen LogP contribution < -0.4 is 10.2 Å². The van der Waals surface area contributed by atoms with Crippen molar-refractivity contribution in [1.29, 1.82) is 0 Å². The lowest BCUT2D eigenvalue weighted by molar-refractivity contribution is -0.121. The summed E-state index contributed by atoms with van der Waals surface area (Å²) in [5.74, 6) is -0.432. The van der Waals surface area contributed by atoms with Gasteiger partial charge in [0, 0.05) is 43.0 Å². The predicted octanol–water partition coefficient (Wildman–Crippen LogP) is 4.61. The maximum Gasteiger partial charge on any atom is 0.253 e. The molecule has 1 N–H and O–H groups in total. The van der Waals surface area contributed by atoms with Crippen molar-refractivity contribution >= 4 is 52.3 Å². The Hall–Kier alpha value is -2.57. The molecule has 1 atom stereocenters. The number of nitrogens with one attached hydrogen (secondary N) is 1. The van der Waals surface area contributed by atoms with E-state index in [1.165, 1.54) is 0 Å². The number of halogens is 2. The van der Waals surface area contributed by atoms with Gasteiger partial charge in [-0.05, 0) is 61.7 Å². The summed E-state index contributed by atoms with van der Waals surface area (Å²) in [7, 11) is 0. The molecule has 4 rings (SSSR count). The van der Waals surface area contributed by atoms with Gasteiger partial charge < -0.3 is 15.1 Å². The molecule has 0 aliphatic carbocycles. The Morgan fingerprint density at radius 2 is 1.74 bits per heavy atom. The zero-order valence-electron chi connectivity index (χ0n) is 16.9. The Kier molecular flexibility index (Phi) is 6.49. The molecular formula is C23H23Cl2N3O3. The minimum Gasteiger partial charge on any atom is -0.338 e. The average Bonchev–Trinajstić information content (AvgIpc) is 3.21. The molecule has 0 saturated carbocycles. The van der Waals surface area contributed by atoms with Gasteiger partial charge in [0.05, 0.1) is 16.0 Å². The lowest BCUT2D eigenvalue weighted by atomic mass is 9.96. The predicted molar refractivity (Wildman–Crippen MR) is 122 cm³/mol. The van der Waals surface area contributed by atoms with Gasteiger partial charge in [0.1, 0.15) is 0 Å². The third-order valence-electron chi connectivity index (χ3n) is 5.77. The lowest BCUT2D eigenvalue weighted by Crippen LogP contribution is -2.43. The number of nitrogens with zero attached hydrogens (tertiary/aromatic N) is 2. The number of hydrogen-bond acceptors (Lipinski definition) is 3. The molecule has 8 heteroatoms. The number of hydrogen-bond donors (Lipinski definition) is 1. The van der Waals surface area contributed by atoms with E-state index in [-0.39, 0.29) is 23.6 Å². The Balaban J connectivity index is 1.37. The second-order valence-electron chi connectivity index (χ2n) is 7.90. The number of amides is 3. The first-order valence-corrected chi connectivity index (χ1v) is 11.1. The third kappa shape index (κ3) is 4.86. The number of benzene rings is 2. The average molecular weight is 460 g/mol. The van der Waals surface area contributed by atoms with Gasteiger partial charge in [-0.15, -0.1) is 0 Å². The molecule has 31 heavy (non-hydrogen) atoms. The van der Waals surface area contributed by atoms with Gasteiger partial charge in [-0.2, -0.15) is 0 Å². The Labute approximate surface area is 191 Å². The molecule has 6 nitrogen and oxygen atoms in total. The van der Waals surface area contributed by atoms with Crippen molar-refractivity contribution < 1.29 is 14.4 Å². The van der Waals surface area contributed by atoms with Crippen LogP contribution in [0.5, 0.6) is 0 Å². The van der Waals surface area contributed by atoms with Crippen molar-refractivity contribution in [3.8, 4) is 0 Å². The molecule has 0 bridgehead atoms. The van der Waals surface area contributed by atoms with Gasteiger partial charge in [0.2, 0.25) is 11.8 Å². The van der Waals surface area contributed by atoms with E-state index in [1.54, 1.807) is 40.1 Å². The lowest BCUT2D eigenvalue weighted by Gasteiger charge is -2.32.